The highest BCUT2D eigenvalue weighted by atomic mass is 35.5. The zero-order valence-electron chi connectivity index (χ0n) is 16.3. The number of carboxylic acid groups (broad SMARTS) is 1. The number of hydrogen-bond donors (Lipinski definition) is 2. The van der Waals surface area contributed by atoms with Gasteiger partial charge < -0.3 is 14.6 Å². The maximum absolute atomic E-state index is 12.0. The van der Waals surface area contributed by atoms with Crippen LogP contribution in [0.4, 0.5) is 4.79 Å². The molecule has 0 radical (unpaired) electrons. The Kier molecular flexibility index (Phi) is 5.76. The third kappa shape index (κ3) is 3.91. The maximum Gasteiger partial charge on any atom is 0.410 e. The van der Waals surface area contributed by atoms with Gasteiger partial charge in [0.25, 0.3) is 0 Å². The summed E-state index contributed by atoms with van der Waals surface area (Å²) in [6.07, 6.45) is 1.99. The summed E-state index contributed by atoms with van der Waals surface area (Å²) in [6.45, 7) is 0.381. The zero-order chi connectivity index (χ0) is 21.3. The van der Waals surface area contributed by atoms with Crippen LogP contribution >= 0.6 is 11.6 Å². The number of nitrogens with one attached hydrogen (secondary N) is 1. The number of piperidine rings is 1. The molecule has 2 unspecified atom stereocenters. The normalized spacial score (nSPS) is 26.0. The third-order valence-corrected chi connectivity index (χ3v) is 6.27. The molecule has 2 aromatic rings. The van der Waals surface area contributed by atoms with Gasteiger partial charge in [-0.05, 0) is 54.9 Å². The van der Waals surface area contributed by atoms with Gasteiger partial charge in [-0.2, -0.15) is 5.21 Å². The van der Waals surface area contributed by atoms with Crippen LogP contribution < -0.4 is 4.74 Å². The van der Waals surface area contributed by atoms with E-state index in [1.807, 2.05) is 6.07 Å². The van der Waals surface area contributed by atoms with E-state index in [4.69, 9.17) is 21.1 Å². The molecule has 2 aliphatic rings. The molecule has 160 valence electrons. The van der Waals surface area contributed by atoms with Gasteiger partial charge >= 0.3 is 12.1 Å². The van der Waals surface area contributed by atoms with Crippen molar-refractivity contribution in [1.82, 2.24) is 25.5 Å². The first kappa shape index (κ1) is 20.4. The number of rotatable bonds is 4. The molecule has 0 spiro atoms. The van der Waals surface area contributed by atoms with Crippen LogP contribution in [0.5, 0.6) is 5.75 Å². The summed E-state index contributed by atoms with van der Waals surface area (Å²) in [4.78, 5) is 25.1. The Labute approximate surface area is 177 Å². The number of amides is 1. The topological polar surface area (TPSA) is 131 Å². The van der Waals surface area contributed by atoms with E-state index in [0.29, 0.717) is 41.5 Å². The van der Waals surface area contributed by atoms with E-state index in [9.17, 15) is 14.7 Å². The third-order valence-electron chi connectivity index (χ3n) is 5.96. The lowest BCUT2D eigenvalue weighted by atomic mass is 9.72. The Balaban J connectivity index is 1.50. The molecule has 1 aromatic heterocycles. The van der Waals surface area contributed by atoms with E-state index < -0.39 is 18.1 Å². The molecule has 1 saturated carbocycles. The number of carbonyl (C=O) groups excluding carboxylic acids is 1. The molecule has 1 aromatic carbocycles. The van der Waals surface area contributed by atoms with E-state index in [-0.39, 0.29) is 17.9 Å². The number of hydrogen-bond acceptors (Lipinski definition) is 7. The molecule has 2 N–H and O–H groups in total. The predicted octanol–water partition coefficient (Wildman–Crippen LogP) is 2.61. The number of carboxylic acids is 1. The van der Waals surface area contributed by atoms with Gasteiger partial charge in [0, 0.05) is 6.54 Å². The predicted molar refractivity (Wildman–Crippen MR) is 105 cm³/mol. The van der Waals surface area contributed by atoms with Crippen molar-refractivity contribution in [1.29, 1.82) is 0 Å². The molecule has 4 rings (SSSR count). The van der Waals surface area contributed by atoms with Gasteiger partial charge in [-0.15, -0.1) is 10.2 Å². The minimum absolute atomic E-state index is 0.102. The summed E-state index contributed by atoms with van der Waals surface area (Å²) in [5.74, 6) is 0.251. The lowest BCUT2D eigenvalue weighted by Crippen LogP contribution is -2.55. The van der Waals surface area contributed by atoms with Crippen molar-refractivity contribution in [3.63, 3.8) is 0 Å². The van der Waals surface area contributed by atoms with Crippen LogP contribution in [0.15, 0.2) is 18.2 Å². The highest BCUT2D eigenvalue weighted by molar-refractivity contribution is 6.33. The molecule has 1 amide bonds. The van der Waals surface area contributed by atoms with Gasteiger partial charge in [-0.1, -0.05) is 17.7 Å². The second-order valence-corrected chi connectivity index (χ2v) is 8.04. The molecule has 2 heterocycles. The molecular weight excluding hydrogens is 414 g/mol. The minimum Gasteiger partial charge on any atom is -0.490 e. The number of fused-ring (bicyclic) bond motifs is 1. The summed E-state index contributed by atoms with van der Waals surface area (Å²) in [7, 11) is 1.27. The first-order valence-corrected chi connectivity index (χ1v) is 10.1. The molecule has 1 aliphatic heterocycles. The number of H-pyrrole nitrogens is 1. The first-order chi connectivity index (χ1) is 14.5. The Morgan fingerprint density at radius 1 is 1.27 bits per heavy atom. The van der Waals surface area contributed by atoms with E-state index in [0.717, 1.165) is 12.8 Å². The van der Waals surface area contributed by atoms with E-state index in [1.54, 1.807) is 12.1 Å². The largest absolute Gasteiger partial charge is 0.490 e. The molecule has 0 bridgehead atoms. The number of tetrazole rings is 1. The summed E-state index contributed by atoms with van der Waals surface area (Å²) in [6, 6.07) is 4.45. The van der Waals surface area contributed by atoms with Crippen LogP contribution in [-0.2, 0) is 9.53 Å². The van der Waals surface area contributed by atoms with E-state index in [2.05, 4.69) is 20.6 Å². The number of halogens is 1. The second-order valence-electron chi connectivity index (χ2n) is 7.63. The number of likely N-dealkylation sites (tertiary alicyclic amines) is 1. The molecular formula is C19H22ClN5O5. The molecule has 11 heteroatoms. The van der Waals surface area contributed by atoms with Gasteiger partial charge in [-0.25, -0.2) is 9.59 Å². The van der Waals surface area contributed by atoms with Crippen LogP contribution in [0, 0.1) is 11.8 Å². The lowest BCUT2D eigenvalue weighted by molar-refractivity contribution is -0.146. The molecule has 2 fully saturated rings. The van der Waals surface area contributed by atoms with Crippen molar-refractivity contribution < 1.29 is 24.2 Å². The SMILES string of the molecule is COC(=O)N1CC2CC[C@H](Oc3cccc(Cl)c3-c3nn[nH]n3)CC2C[C@H]1C(=O)O. The molecule has 1 aliphatic carbocycles. The number of aromatic amines is 1. The number of ether oxygens (including phenoxy) is 2. The highest BCUT2D eigenvalue weighted by Crippen LogP contribution is 2.42. The van der Waals surface area contributed by atoms with Crippen molar-refractivity contribution in [2.24, 2.45) is 11.8 Å². The number of carbonyl (C=O) groups is 2. The number of methoxy groups -OCH3 is 1. The fraction of sp³-hybridized carbons (Fsp3) is 0.526. The summed E-state index contributed by atoms with van der Waals surface area (Å²) >= 11 is 6.35. The maximum atomic E-state index is 12.0. The monoisotopic (exact) mass is 435 g/mol. The number of aromatic nitrogens is 4. The summed E-state index contributed by atoms with van der Waals surface area (Å²) in [5.41, 5.74) is 0.568. The fourth-order valence-corrected chi connectivity index (χ4v) is 4.78. The summed E-state index contributed by atoms with van der Waals surface area (Å²) < 4.78 is 11.0. The van der Waals surface area contributed by atoms with Crippen LogP contribution in [0.1, 0.15) is 25.7 Å². The molecule has 4 atom stereocenters. The van der Waals surface area contributed by atoms with Crippen LogP contribution in [-0.4, -0.2) is 68.5 Å². The second kappa shape index (κ2) is 8.47. The van der Waals surface area contributed by atoms with Crippen LogP contribution in [0.2, 0.25) is 5.02 Å². The van der Waals surface area contributed by atoms with E-state index >= 15 is 0 Å². The summed E-state index contributed by atoms with van der Waals surface area (Å²) in [5, 5.41) is 24.1. The number of benzene rings is 1. The van der Waals surface area contributed by atoms with Crippen LogP contribution in [0.25, 0.3) is 11.4 Å². The first-order valence-electron chi connectivity index (χ1n) is 9.74. The number of aliphatic carboxylic acids is 1. The minimum atomic E-state index is -1.02. The van der Waals surface area contributed by atoms with Crippen molar-refractivity contribution in [2.75, 3.05) is 13.7 Å². The fourth-order valence-electron chi connectivity index (χ4n) is 4.53. The van der Waals surface area contributed by atoms with Crippen molar-refractivity contribution in [2.45, 2.75) is 37.8 Å². The zero-order valence-corrected chi connectivity index (χ0v) is 17.1. The van der Waals surface area contributed by atoms with Gasteiger partial charge in [0.15, 0.2) is 0 Å². The molecule has 10 nitrogen and oxygen atoms in total. The smallest absolute Gasteiger partial charge is 0.410 e. The van der Waals surface area contributed by atoms with Crippen LogP contribution in [0.3, 0.4) is 0 Å². The standard InChI is InChI=1S/C19H22ClN5O5/c1-29-19(28)25-9-10-5-6-12(7-11(10)8-14(25)18(26)27)30-15-4-2-3-13(20)16(15)17-21-23-24-22-17/h2-4,10-12,14H,5-9H2,1H3,(H,26,27)(H,21,22,23,24)/t10?,11?,12-,14-/m0/s1. The average Bonchev–Trinajstić information content (AvgIpc) is 3.26. The molecule has 1 saturated heterocycles. The Morgan fingerprint density at radius 3 is 2.80 bits per heavy atom. The van der Waals surface area contributed by atoms with Gasteiger partial charge in [0.05, 0.1) is 23.8 Å². The van der Waals surface area contributed by atoms with Crippen molar-refractivity contribution >= 4 is 23.7 Å². The van der Waals surface area contributed by atoms with E-state index in [1.165, 1.54) is 12.0 Å². The quantitative estimate of drug-likeness (QED) is 0.749. The van der Waals surface area contributed by atoms with Crippen molar-refractivity contribution in [3.05, 3.63) is 23.2 Å². The highest BCUT2D eigenvalue weighted by Gasteiger charge is 2.44. The average molecular weight is 436 g/mol. The number of nitrogens with zero attached hydrogens (tertiary/aromatic N) is 4. The van der Waals surface area contributed by atoms with Gasteiger partial charge in [0.2, 0.25) is 5.82 Å². The Hall–Kier alpha value is -2.88. The van der Waals surface area contributed by atoms with Gasteiger partial charge in [-0.3, -0.25) is 4.90 Å². The lowest BCUT2D eigenvalue weighted by Gasteiger charge is -2.45. The van der Waals surface area contributed by atoms with Crippen molar-refractivity contribution in [3.8, 4) is 17.1 Å². The molecule has 30 heavy (non-hydrogen) atoms. The Bertz CT molecular complexity index is 924. The van der Waals surface area contributed by atoms with Gasteiger partial charge in [0.1, 0.15) is 11.8 Å². The Morgan fingerprint density at radius 2 is 2.10 bits per heavy atom.